The molecule has 0 aliphatic heterocycles. The molecular formula is C14H10Br2N2O. The topological polar surface area (TPSA) is 45.0 Å². The number of nitriles is 1. The zero-order valence-corrected chi connectivity index (χ0v) is 13.2. The smallest absolute Gasteiger partial charge is 0.133 e. The van der Waals surface area contributed by atoms with Gasteiger partial charge in [0.25, 0.3) is 0 Å². The van der Waals surface area contributed by atoms with Gasteiger partial charge < -0.3 is 10.1 Å². The number of hydrogen-bond donors (Lipinski definition) is 1. The van der Waals surface area contributed by atoms with Crippen LogP contribution in [0.4, 0.5) is 11.4 Å². The third-order valence-corrected chi connectivity index (χ3v) is 3.54. The van der Waals surface area contributed by atoms with Gasteiger partial charge in [-0.3, -0.25) is 0 Å². The molecule has 0 fully saturated rings. The van der Waals surface area contributed by atoms with Crippen molar-refractivity contribution in [3.63, 3.8) is 0 Å². The molecule has 0 saturated carbocycles. The summed E-state index contributed by atoms with van der Waals surface area (Å²) < 4.78 is 6.91. The third kappa shape index (κ3) is 3.49. The van der Waals surface area contributed by atoms with Crippen LogP contribution in [-0.2, 0) is 0 Å². The molecular weight excluding hydrogens is 372 g/mol. The minimum atomic E-state index is 0.601. The van der Waals surface area contributed by atoms with Gasteiger partial charge in [-0.15, -0.1) is 0 Å². The first-order valence-electron chi connectivity index (χ1n) is 5.43. The molecule has 2 rings (SSSR count). The molecule has 5 heteroatoms. The fraction of sp³-hybridized carbons (Fsp3) is 0.0714. The Balaban J connectivity index is 2.29. The maximum atomic E-state index is 8.94. The number of hydrogen-bond acceptors (Lipinski definition) is 3. The number of nitrogens with one attached hydrogen (secondary N) is 1. The molecule has 2 aromatic rings. The van der Waals surface area contributed by atoms with Gasteiger partial charge >= 0.3 is 0 Å². The van der Waals surface area contributed by atoms with Gasteiger partial charge in [0.15, 0.2) is 0 Å². The first kappa shape index (κ1) is 13.9. The number of ether oxygens (including phenoxy) is 1. The Hall–Kier alpha value is -1.51. The third-order valence-electron chi connectivity index (χ3n) is 2.47. The van der Waals surface area contributed by atoms with Crippen molar-refractivity contribution in [2.45, 2.75) is 0 Å². The Morgan fingerprint density at radius 1 is 1.11 bits per heavy atom. The van der Waals surface area contributed by atoms with E-state index in [1.807, 2.05) is 24.3 Å². The van der Waals surface area contributed by atoms with Crippen LogP contribution in [0, 0.1) is 11.3 Å². The van der Waals surface area contributed by atoms with Gasteiger partial charge in [0.2, 0.25) is 0 Å². The van der Waals surface area contributed by atoms with E-state index in [1.54, 1.807) is 19.2 Å². The molecule has 0 aliphatic rings. The average Bonchev–Trinajstić information content (AvgIpc) is 2.38. The van der Waals surface area contributed by atoms with Gasteiger partial charge in [0, 0.05) is 15.8 Å². The Bertz CT molecular complexity index is 650. The lowest BCUT2D eigenvalue weighted by Crippen LogP contribution is -1.92. The second-order valence-electron chi connectivity index (χ2n) is 3.81. The summed E-state index contributed by atoms with van der Waals surface area (Å²) in [4.78, 5) is 0. The molecule has 3 nitrogen and oxygen atoms in total. The van der Waals surface area contributed by atoms with Gasteiger partial charge in [-0.25, -0.2) is 0 Å². The zero-order chi connectivity index (χ0) is 13.8. The minimum Gasteiger partial charge on any atom is -0.496 e. The van der Waals surface area contributed by atoms with E-state index < -0.39 is 0 Å². The molecule has 0 radical (unpaired) electrons. The molecule has 0 bridgehead atoms. The van der Waals surface area contributed by atoms with E-state index in [2.05, 4.69) is 43.2 Å². The van der Waals surface area contributed by atoms with Crippen LogP contribution in [0.2, 0.25) is 0 Å². The van der Waals surface area contributed by atoms with Crippen molar-refractivity contribution in [2.24, 2.45) is 0 Å². The molecule has 19 heavy (non-hydrogen) atoms. The maximum absolute atomic E-state index is 8.94. The number of rotatable bonds is 3. The quantitative estimate of drug-likeness (QED) is 0.827. The predicted octanol–water partition coefficient (Wildman–Crippen LogP) is 4.84. The van der Waals surface area contributed by atoms with E-state index in [-0.39, 0.29) is 0 Å². The van der Waals surface area contributed by atoms with Crippen LogP contribution >= 0.6 is 31.9 Å². The van der Waals surface area contributed by atoms with Crippen molar-refractivity contribution >= 4 is 43.2 Å². The summed E-state index contributed by atoms with van der Waals surface area (Å²) in [6, 6.07) is 13.3. The molecule has 2 aromatic carbocycles. The minimum absolute atomic E-state index is 0.601. The van der Waals surface area contributed by atoms with Crippen molar-refractivity contribution in [1.29, 1.82) is 5.26 Å². The first-order valence-corrected chi connectivity index (χ1v) is 7.02. The molecule has 1 N–H and O–H groups in total. The van der Waals surface area contributed by atoms with Gasteiger partial charge in [-0.05, 0) is 52.3 Å². The Morgan fingerprint density at radius 3 is 2.53 bits per heavy atom. The molecule has 0 unspecified atom stereocenters. The van der Waals surface area contributed by atoms with Gasteiger partial charge in [0.1, 0.15) is 5.75 Å². The molecule has 0 saturated heterocycles. The standard InChI is InChI=1S/C14H10Br2N2O/c1-19-14-3-2-11(7-13(14)16)18-12-5-9(8-17)4-10(15)6-12/h2-7,18H,1H3. The second-order valence-corrected chi connectivity index (χ2v) is 5.58. The van der Waals surface area contributed by atoms with E-state index in [1.165, 1.54) is 0 Å². The highest BCUT2D eigenvalue weighted by atomic mass is 79.9. The Labute approximate surface area is 128 Å². The van der Waals surface area contributed by atoms with E-state index >= 15 is 0 Å². The first-order chi connectivity index (χ1) is 9.12. The summed E-state index contributed by atoms with van der Waals surface area (Å²) in [5.41, 5.74) is 2.36. The van der Waals surface area contributed by atoms with Gasteiger partial charge in [-0.2, -0.15) is 5.26 Å². The number of anilines is 2. The fourth-order valence-electron chi connectivity index (χ4n) is 1.64. The van der Waals surface area contributed by atoms with Crippen molar-refractivity contribution in [2.75, 3.05) is 12.4 Å². The molecule has 0 aliphatic carbocycles. The van der Waals surface area contributed by atoms with E-state index in [4.69, 9.17) is 10.00 Å². The van der Waals surface area contributed by atoms with Crippen LogP contribution in [0.3, 0.4) is 0 Å². The van der Waals surface area contributed by atoms with E-state index in [0.29, 0.717) is 5.56 Å². The number of halogens is 2. The van der Waals surface area contributed by atoms with Crippen LogP contribution in [0.25, 0.3) is 0 Å². The summed E-state index contributed by atoms with van der Waals surface area (Å²) in [6.07, 6.45) is 0. The molecule has 96 valence electrons. The van der Waals surface area contributed by atoms with Crippen molar-refractivity contribution in [3.8, 4) is 11.8 Å². The van der Waals surface area contributed by atoms with Gasteiger partial charge in [0.05, 0.1) is 23.2 Å². The van der Waals surface area contributed by atoms with Crippen molar-refractivity contribution in [1.82, 2.24) is 0 Å². The van der Waals surface area contributed by atoms with Crippen molar-refractivity contribution in [3.05, 3.63) is 50.9 Å². The van der Waals surface area contributed by atoms with Crippen LogP contribution in [-0.4, -0.2) is 7.11 Å². The van der Waals surface area contributed by atoms with E-state index in [9.17, 15) is 0 Å². The highest BCUT2D eigenvalue weighted by Gasteiger charge is 2.03. The second kappa shape index (κ2) is 6.09. The predicted molar refractivity (Wildman–Crippen MR) is 82.8 cm³/mol. The van der Waals surface area contributed by atoms with Gasteiger partial charge in [-0.1, -0.05) is 15.9 Å². The molecule has 0 aromatic heterocycles. The van der Waals surface area contributed by atoms with Crippen molar-refractivity contribution < 1.29 is 4.74 Å². The highest BCUT2D eigenvalue weighted by Crippen LogP contribution is 2.30. The Kier molecular flexibility index (Phi) is 4.46. The molecule has 0 heterocycles. The summed E-state index contributed by atoms with van der Waals surface area (Å²) in [6.45, 7) is 0. The molecule has 0 amide bonds. The van der Waals surface area contributed by atoms with Crippen LogP contribution < -0.4 is 10.1 Å². The lowest BCUT2D eigenvalue weighted by Gasteiger charge is -2.10. The lowest BCUT2D eigenvalue weighted by atomic mass is 10.2. The van der Waals surface area contributed by atoms with E-state index in [0.717, 1.165) is 26.1 Å². The zero-order valence-electron chi connectivity index (χ0n) is 10.1. The summed E-state index contributed by atoms with van der Waals surface area (Å²) in [5.74, 6) is 0.775. The summed E-state index contributed by atoms with van der Waals surface area (Å²) in [7, 11) is 1.63. The number of methoxy groups -OCH3 is 1. The average molecular weight is 382 g/mol. The fourth-order valence-corrected chi connectivity index (χ4v) is 2.67. The Morgan fingerprint density at radius 2 is 1.89 bits per heavy atom. The summed E-state index contributed by atoms with van der Waals surface area (Å²) >= 11 is 6.82. The monoisotopic (exact) mass is 380 g/mol. The molecule has 0 atom stereocenters. The number of nitrogens with zero attached hydrogens (tertiary/aromatic N) is 1. The van der Waals surface area contributed by atoms with Crippen LogP contribution in [0.1, 0.15) is 5.56 Å². The molecule has 0 spiro atoms. The highest BCUT2D eigenvalue weighted by molar-refractivity contribution is 9.10. The largest absolute Gasteiger partial charge is 0.496 e. The maximum Gasteiger partial charge on any atom is 0.133 e. The number of benzene rings is 2. The van der Waals surface area contributed by atoms with Crippen LogP contribution in [0.5, 0.6) is 5.75 Å². The van der Waals surface area contributed by atoms with Crippen LogP contribution in [0.15, 0.2) is 45.3 Å². The summed E-state index contributed by atoms with van der Waals surface area (Å²) in [5, 5.41) is 12.2. The normalized spacial score (nSPS) is 9.79. The lowest BCUT2D eigenvalue weighted by molar-refractivity contribution is 0.412. The SMILES string of the molecule is COc1ccc(Nc2cc(Br)cc(C#N)c2)cc1Br.